The molecule has 0 aliphatic heterocycles. The number of hydrogen-bond acceptors (Lipinski definition) is 6. The van der Waals surface area contributed by atoms with Gasteiger partial charge in [0.15, 0.2) is 22.4 Å². The van der Waals surface area contributed by atoms with E-state index < -0.39 is 5.41 Å². The van der Waals surface area contributed by atoms with Gasteiger partial charge in [0.25, 0.3) is 0 Å². The van der Waals surface area contributed by atoms with Gasteiger partial charge in [-0.05, 0) is 22.6 Å². The molecule has 0 saturated carbocycles. The summed E-state index contributed by atoms with van der Waals surface area (Å²) in [7, 11) is 3.13. The van der Waals surface area contributed by atoms with E-state index in [2.05, 4.69) is 28.2 Å². The van der Waals surface area contributed by atoms with Crippen molar-refractivity contribution in [3.8, 4) is 17.2 Å². The van der Waals surface area contributed by atoms with Crippen molar-refractivity contribution in [1.82, 2.24) is 20.2 Å². The van der Waals surface area contributed by atoms with Gasteiger partial charge in [0, 0.05) is 17.9 Å². The molecule has 22 heavy (non-hydrogen) atoms. The number of carbonyl (C=O) groups is 1. The van der Waals surface area contributed by atoms with Crippen molar-refractivity contribution in [1.29, 1.82) is 0 Å². The van der Waals surface area contributed by atoms with Crippen LogP contribution in [-0.4, -0.2) is 39.5 Å². The third kappa shape index (κ3) is 3.22. The lowest BCUT2D eigenvalue weighted by Crippen LogP contribution is -2.24. The lowest BCUT2D eigenvalue weighted by molar-refractivity contribution is -0.118. The fourth-order valence-electron chi connectivity index (χ4n) is 1.94. The van der Waals surface area contributed by atoms with E-state index >= 15 is 0 Å². The zero-order valence-electron chi connectivity index (χ0n) is 12.9. The van der Waals surface area contributed by atoms with Crippen LogP contribution in [0.25, 0.3) is 5.69 Å². The van der Waals surface area contributed by atoms with Crippen LogP contribution in [0.2, 0.25) is 0 Å². The Morgan fingerprint density at radius 1 is 1.27 bits per heavy atom. The Bertz CT molecular complexity index is 684. The molecule has 0 spiro atoms. The number of nitrogens with zero attached hydrogens (tertiary/aromatic N) is 4. The van der Waals surface area contributed by atoms with E-state index in [1.807, 2.05) is 6.07 Å². The molecular weight excluding hydrogens is 304 g/mol. The summed E-state index contributed by atoms with van der Waals surface area (Å²) in [4.78, 5) is 11.6. The smallest absolute Gasteiger partial charge is 0.191 e. The molecule has 0 radical (unpaired) electrons. The molecule has 0 aliphatic rings. The minimum Gasteiger partial charge on any atom is -0.493 e. The predicted octanol–water partition coefficient (Wildman–Crippen LogP) is 1.70. The number of ether oxygens (including phenoxy) is 2. The second kappa shape index (κ2) is 6.35. The van der Waals surface area contributed by atoms with Gasteiger partial charge >= 0.3 is 0 Å². The summed E-state index contributed by atoms with van der Waals surface area (Å²) in [6.07, 6.45) is 0.372. The highest BCUT2D eigenvalue weighted by molar-refractivity contribution is 7.96. The highest BCUT2D eigenvalue weighted by Crippen LogP contribution is 2.30. The van der Waals surface area contributed by atoms with Crippen molar-refractivity contribution in [3.63, 3.8) is 0 Å². The van der Waals surface area contributed by atoms with E-state index in [4.69, 9.17) is 9.47 Å². The Morgan fingerprint density at radius 2 is 1.95 bits per heavy atom. The number of tetrazole rings is 1. The quantitative estimate of drug-likeness (QED) is 0.816. The highest BCUT2D eigenvalue weighted by atomic mass is 32.1. The highest BCUT2D eigenvalue weighted by Gasteiger charge is 2.28. The molecule has 0 atom stereocenters. The first kappa shape index (κ1) is 16.3. The molecule has 0 saturated heterocycles. The molecule has 1 heterocycles. The van der Waals surface area contributed by atoms with Crippen LogP contribution < -0.4 is 9.47 Å². The minimum atomic E-state index is -0.661. The summed E-state index contributed by atoms with van der Waals surface area (Å²) in [5, 5.41) is 11.5. The average molecular weight is 322 g/mol. The fourth-order valence-corrected chi connectivity index (χ4v) is 2.02. The number of thiol groups is 1. The molecule has 2 aromatic rings. The molecule has 0 fully saturated rings. The van der Waals surface area contributed by atoms with Crippen LogP contribution in [0.5, 0.6) is 11.5 Å². The first-order valence-electron chi connectivity index (χ1n) is 6.62. The molecule has 0 bridgehead atoms. The monoisotopic (exact) mass is 322 g/mol. The first-order valence-corrected chi connectivity index (χ1v) is 7.07. The predicted molar refractivity (Wildman–Crippen MR) is 83.7 cm³/mol. The molecule has 2 rings (SSSR count). The molecule has 1 aromatic heterocycles. The second-order valence-electron chi connectivity index (χ2n) is 5.41. The summed E-state index contributed by atoms with van der Waals surface area (Å²) in [5.74, 6) is 1.76. The van der Waals surface area contributed by atoms with Gasteiger partial charge in [0.1, 0.15) is 0 Å². The third-order valence-corrected chi connectivity index (χ3v) is 3.93. The van der Waals surface area contributed by atoms with Gasteiger partial charge in [-0.3, -0.25) is 4.79 Å². The molecule has 8 heteroatoms. The number of aromatic nitrogens is 4. The van der Waals surface area contributed by atoms with Crippen molar-refractivity contribution in [2.75, 3.05) is 14.2 Å². The van der Waals surface area contributed by atoms with Gasteiger partial charge in [0.05, 0.1) is 19.9 Å². The zero-order valence-corrected chi connectivity index (χ0v) is 13.8. The van der Waals surface area contributed by atoms with E-state index in [-0.39, 0.29) is 5.12 Å². The zero-order chi connectivity index (χ0) is 16.3. The molecule has 0 aliphatic carbocycles. The lowest BCUT2D eigenvalue weighted by Gasteiger charge is -2.19. The maximum Gasteiger partial charge on any atom is 0.191 e. The van der Waals surface area contributed by atoms with Crippen LogP contribution in [-0.2, 0) is 11.2 Å². The van der Waals surface area contributed by atoms with E-state index in [0.29, 0.717) is 23.7 Å². The van der Waals surface area contributed by atoms with E-state index in [9.17, 15) is 4.79 Å². The standard InChI is InChI=1S/C14H18N4O3S/c1-14(2,13(19)22)8-12-15-16-17-18(12)9-5-6-10(20-3)11(7-9)21-4/h5-7H,8H2,1-4H3,(H,19,22). The van der Waals surface area contributed by atoms with Gasteiger partial charge < -0.3 is 9.47 Å². The lowest BCUT2D eigenvalue weighted by atomic mass is 9.90. The van der Waals surface area contributed by atoms with Crippen molar-refractivity contribution >= 4 is 17.7 Å². The summed E-state index contributed by atoms with van der Waals surface area (Å²) in [6, 6.07) is 5.36. The molecule has 1 aromatic carbocycles. The molecule has 118 valence electrons. The van der Waals surface area contributed by atoms with Gasteiger partial charge in [-0.2, -0.15) is 4.68 Å². The van der Waals surface area contributed by atoms with Crippen molar-refractivity contribution in [3.05, 3.63) is 24.0 Å². The SMILES string of the molecule is COc1ccc(-n2nnnc2CC(C)(C)C(=O)S)cc1OC. The van der Waals surface area contributed by atoms with Crippen molar-refractivity contribution < 1.29 is 14.3 Å². The largest absolute Gasteiger partial charge is 0.493 e. The number of carbonyl (C=O) groups excluding carboxylic acids is 1. The van der Waals surface area contributed by atoms with Crippen LogP contribution in [0.15, 0.2) is 18.2 Å². The first-order chi connectivity index (χ1) is 10.4. The van der Waals surface area contributed by atoms with E-state index in [0.717, 1.165) is 5.69 Å². The molecule has 0 amide bonds. The fraction of sp³-hybridized carbons (Fsp3) is 0.429. The summed E-state index contributed by atoms with van der Waals surface area (Å²) >= 11 is 3.92. The summed E-state index contributed by atoms with van der Waals surface area (Å²) in [5.41, 5.74) is 0.0617. The molecule has 7 nitrogen and oxygen atoms in total. The Balaban J connectivity index is 2.39. The minimum absolute atomic E-state index is 0.214. The third-order valence-electron chi connectivity index (χ3n) is 3.32. The topological polar surface area (TPSA) is 79.1 Å². The van der Waals surface area contributed by atoms with E-state index in [1.54, 1.807) is 44.9 Å². The molecule has 0 N–H and O–H groups in total. The van der Waals surface area contributed by atoms with Crippen LogP contribution >= 0.6 is 12.6 Å². The number of benzene rings is 1. The molecular formula is C14H18N4O3S. The normalized spacial score (nSPS) is 11.3. The van der Waals surface area contributed by atoms with Crippen LogP contribution in [0.4, 0.5) is 0 Å². The maximum absolute atomic E-state index is 11.6. The van der Waals surface area contributed by atoms with E-state index in [1.165, 1.54) is 0 Å². The van der Waals surface area contributed by atoms with Gasteiger partial charge in [0.2, 0.25) is 0 Å². The Morgan fingerprint density at radius 3 is 2.55 bits per heavy atom. The van der Waals surface area contributed by atoms with Crippen molar-refractivity contribution in [2.45, 2.75) is 20.3 Å². The average Bonchev–Trinajstić information content (AvgIpc) is 2.93. The number of rotatable bonds is 6. The summed E-state index contributed by atoms with van der Waals surface area (Å²) < 4.78 is 12.1. The van der Waals surface area contributed by atoms with Crippen LogP contribution in [0, 0.1) is 5.41 Å². The second-order valence-corrected chi connectivity index (χ2v) is 5.82. The number of methoxy groups -OCH3 is 2. The Hall–Kier alpha value is -2.09. The summed E-state index contributed by atoms with van der Waals surface area (Å²) in [6.45, 7) is 3.60. The van der Waals surface area contributed by atoms with Crippen LogP contribution in [0.1, 0.15) is 19.7 Å². The van der Waals surface area contributed by atoms with Crippen molar-refractivity contribution in [2.24, 2.45) is 5.41 Å². The number of hydrogen-bond donors (Lipinski definition) is 1. The Kier molecular flexibility index (Phi) is 4.70. The van der Waals surface area contributed by atoms with Gasteiger partial charge in [-0.15, -0.1) is 17.7 Å². The maximum atomic E-state index is 11.6. The van der Waals surface area contributed by atoms with Gasteiger partial charge in [-0.25, -0.2) is 0 Å². The van der Waals surface area contributed by atoms with Gasteiger partial charge in [-0.1, -0.05) is 13.8 Å². The Labute approximate surface area is 134 Å². The molecule has 0 unspecified atom stereocenters. The van der Waals surface area contributed by atoms with Crippen LogP contribution in [0.3, 0.4) is 0 Å².